The summed E-state index contributed by atoms with van der Waals surface area (Å²) in [4.78, 5) is 2.36. The Morgan fingerprint density at radius 3 is 2.13 bits per heavy atom. The van der Waals surface area contributed by atoms with Gasteiger partial charge >= 0.3 is 0 Å². The predicted octanol–water partition coefficient (Wildman–Crippen LogP) is 2.50. The van der Waals surface area contributed by atoms with Gasteiger partial charge in [0, 0.05) is 13.1 Å². The molecule has 0 saturated heterocycles. The van der Waals surface area contributed by atoms with Crippen LogP contribution < -0.4 is 5.32 Å². The fourth-order valence-electron chi connectivity index (χ4n) is 2.93. The largest absolute Gasteiger partial charge is 0.316 e. The van der Waals surface area contributed by atoms with E-state index in [1.54, 1.807) is 0 Å². The standard InChI is InChI=1S/C13H28N2/c1-4-14-11-13(12-15(2)3)9-7-5-6-8-10-13/h14H,4-12H2,1-3H3. The molecule has 0 aromatic heterocycles. The summed E-state index contributed by atoms with van der Waals surface area (Å²) < 4.78 is 0. The molecule has 0 aromatic carbocycles. The molecule has 0 aliphatic heterocycles. The van der Waals surface area contributed by atoms with E-state index >= 15 is 0 Å². The highest BCUT2D eigenvalue weighted by atomic mass is 15.1. The van der Waals surface area contributed by atoms with Crippen molar-refractivity contribution in [3.63, 3.8) is 0 Å². The van der Waals surface area contributed by atoms with Crippen LogP contribution in [-0.2, 0) is 0 Å². The Hall–Kier alpha value is -0.0800. The molecule has 1 aliphatic rings. The molecular weight excluding hydrogens is 184 g/mol. The molecule has 1 rings (SSSR count). The number of nitrogens with zero attached hydrogens (tertiary/aromatic N) is 1. The average molecular weight is 212 g/mol. The van der Waals surface area contributed by atoms with Gasteiger partial charge in [-0.2, -0.15) is 0 Å². The molecule has 2 heteroatoms. The van der Waals surface area contributed by atoms with Crippen LogP contribution in [-0.4, -0.2) is 38.6 Å². The van der Waals surface area contributed by atoms with E-state index in [0.29, 0.717) is 5.41 Å². The summed E-state index contributed by atoms with van der Waals surface area (Å²) >= 11 is 0. The minimum absolute atomic E-state index is 0.552. The third-order valence-corrected chi connectivity index (χ3v) is 3.57. The van der Waals surface area contributed by atoms with Gasteiger partial charge in [-0.05, 0) is 38.9 Å². The number of nitrogens with one attached hydrogen (secondary N) is 1. The van der Waals surface area contributed by atoms with Crippen molar-refractivity contribution in [2.75, 3.05) is 33.7 Å². The van der Waals surface area contributed by atoms with Gasteiger partial charge < -0.3 is 10.2 Å². The van der Waals surface area contributed by atoms with E-state index in [1.165, 1.54) is 51.6 Å². The molecule has 0 atom stereocenters. The molecule has 15 heavy (non-hydrogen) atoms. The molecule has 90 valence electrons. The van der Waals surface area contributed by atoms with Crippen LogP contribution in [0.1, 0.15) is 45.4 Å². The fourth-order valence-corrected chi connectivity index (χ4v) is 2.93. The highest BCUT2D eigenvalue weighted by Crippen LogP contribution is 2.34. The van der Waals surface area contributed by atoms with E-state index in [-0.39, 0.29) is 0 Å². The van der Waals surface area contributed by atoms with Crippen molar-refractivity contribution >= 4 is 0 Å². The van der Waals surface area contributed by atoms with Crippen molar-refractivity contribution in [2.45, 2.75) is 45.4 Å². The minimum atomic E-state index is 0.552. The summed E-state index contributed by atoms with van der Waals surface area (Å²) in [6, 6.07) is 0. The second kappa shape index (κ2) is 6.49. The Morgan fingerprint density at radius 1 is 1.07 bits per heavy atom. The van der Waals surface area contributed by atoms with Crippen molar-refractivity contribution in [3.8, 4) is 0 Å². The molecule has 1 fully saturated rings. The molecule has 0 unspecified atom stereocenters. The van der Waals surface area contributed by atoms with Crippen LogP contribution in [0.3, 0.4) is 0 Å². The maximum Gasteiger partial charge on any atom is 0.00440 e. The molecule has 1 saturated carbocycles. The van der Waals surface area contributed by atoms with Gasteiger partial charge in [0.05, 0.1) is 0 Å². The van der Waals surface area contributed by atoms with Crippen LogP contribution in [0.4, 0.5) is 0 Å². The third kappa shape index (κ3) is 4.52. The van der Waals surface area contributed by atoms with E-state index in [2.05, 4.69) is 31.2 Å². The quantitative estimate of drug-likeness (QED) is 0.704. The van der Waals surface area contributed by atoms with Gasteiger partial charge in [-0.25, -0.2) is 0 Å². The van der Waals surface area contributed by atoms with Crippen molar-refractivity contribution < 1.29 is 0 Å². The second-order valence-corrected chi connectivity index (χ2v) is 5.43. The Balaban J connectivity index is 2.55. The first-order valence-electron chi connectivity index (χ1n) is 6.54. The lowest BCUT2D eigenvalue weighted by Crippen LogP contribution is -2.41. The van der Waals surface area contributed by atoms with Gasteiger partial charge in [-0.3, -0.25) is 0 Å². The van der Waals surface area contributed by atoms with Gasteiger partial charge in [-0.1, -0.05) is 32.6 Å². The van der Waals surface area contributed by atoms with Crippen molar-refractivity contribution in [3.05, 3.63) is 0 Å². The molecule has 0 heterocycles. The minimum Gasteiger partial charge on any atom is -0.316 e. The zero-order valence-electron chi connectivity index (χ0n) is 10.8. The molecule has 1 aliphatic carbocycles. The normalized spacial score (nSPS) is 21.6. The van der Waals surface area contributed by atoms with Gasteiger partial charge in [0.1, 0.15) is 0 Å². The van der Waals surface area contributed by atoms with E-state index in [9.17, 15) is 0 Å². The van der Waals surface area contributed by atoms with Crippen LogP contribution in [0.5, 0.6) is 0 Å². The lowest BCUT2D eigenvalue weighted by Gasteiger charge is -2.35. The molecular formula is C13H28N2. The smallest absolute Gasteiger partial charge is 0.00440 e. The Labute approximate surface area is 95.4 Å². The Morgan fingerprint density at radius 2 is 1.67 bits per heavy atom. The van der Waals surface area contributed by atoms with Crippen molar-refractivity contribution in [1.82, 2.24) is 10.2 Å². The number of hydrogen-bond donors (Lipinski definition) is 1. The van der Waals surface area contributed by atoms with E-state index < -0.39 is 0 Å². The lowest BCUT2D eigenvalue weighted by atomic mass is 9.79. The zero-order valence-corrected chi connectivity index (χ0v) is 10.8. The SMILES string of the molecule is CCNCC1(CN(C)C)CCCCCC1. The molecule has 0 radical (unpaired) electrons. The highest BCUT2D eigenvalue weighted by Gasteiger charge is 2.30. The van der Waals surface area contributed by atoms with Crippen LogP contribution in [0.2, 0.25) is 0 Å². The van der Waals surface area contributed by atoms with Gasteiger partial charge in [0.25, 0.3) is 0 Å². The first-order chi connectivity index (χ1) is 7.18. The van der Waals surface area contributed by atoms with Gasteiger partial charge in [0.15, 0.2) is 0 Å². The van der Waals surface area contributed by atoms with E-state index in [1.807, 2.05) is 0 Å². The average Bonchev–Trinajstić information content (AvgIpc) is 2.40. The number of hydrogen-bond acceptors (Lipinski definition) is 2. The second-order valence-electron chi connectivity index (χ2n) is 5.43. The van der Waals surface area contributed by atoms with Gasteiger partial charge in [-0.15, -0.1) is 0 Å². The van der Waals surface area contributed by atoms with Crippen LogP contribution >= 0.6 is 0 Å². The first kappa shape index (κ1) is 13.0. The summed E-state index contributed by atoms with van der Waals surface area (Å²) in [6.45, 7) is 5.77. The zero-order chi connectivity index (χ0) is 11.1. The summed E-state index contributed by atoms with van der Waals surface area (Å²) in [7, 11) is 4.41. The summed E-state index contributed by atoms with van der Waals surface area (Å²) in [5.74, 6) is 0. The molecule has 0 aromatic rings. The summed E-state index contributed by atoms with van der Waals surface area (Å²) in [6.07, 6.45) is 8.58. The van der Waals surface area contributed by atoms with Gasteiger partial charge in [0.2, 0.25) is 0 Å². The van der Waals surface area contributed by atoms with Crippen LogP contribution in [0, 0.1) is 5.41 Å². The third-order valence-electron chi connectivity index (χ3n) is 3.57. The molecule has 0 spiro atoms. The summed E-state index contributed by atoms with van der Waals surface area (Å²) in [5.41, 5.74) is 0.552. The Kier molecular flexibility index (Phi) is 5.62. The monoisotopic (exact) mass is 212 g/mol. The predicted molar refractivity (Wildman–Crippen MR) is 67.2 cm³/mol. The lowest BCUT2D eigenvalue weighted by molar-refractivity contribution is 0.164. The highest BCUT2D eigenvalue weighted by molar-refractivity contribution is 4.85. The molecule has 0 bridgehead atoms. The fraction of sp³-hybridized carbons (Fsp3) is 1.00. The van der Waals surface area contributed by atoms with E-state index in [0.717, 1.165) is 6.54 Å². The molecule has 1 N–H and O–H groups in total. The molecule has 2 nitrogen and oxygen atoms in total. The van der Waals surface area contributed by atoms with Crippen LogP contribution in [0.15, 0.2) is 0 Å². The van der Waals surface area contributed by atoms with Crippen LogP contribution in [0.25, 0.3) is 0 Å². The first-order valence-corrected chi connectivity index (χ1v) is 6.54. The molecule has 0 amide bonds. The number of rotatable bonds is 5. The Bertz CT molecular complexity index is 158. The topological polar surface area (TPSA) is 15.3 Å². The van der Waals surface area contributed by atoms with Crippen molar-refractivity contribution in [1.29, 1.82) is 0 Å². The maximum atomic E-state index is 3.57. The van der Waals surface area contributed by atoms with Crippen molar-refractivity contribution in [2.24, 2.45) is 5.41 Å². The van der Waals surface area contributed by atoms with E-state index in [4.69, 9.17) is 0 Å². The summed E-state index contributed by atoms with van der Waals surface area (Å²) in [5, 5.41) is 3.57. The maximum absolute atomic E-state index is 3.57.